The molecule has 6 nitrogen and oxygen atoms in total. The van der Waals surface area contributed by atoms with Gasteiger partial charge in [-0.2, -0.15) is 18.3 Å². The summed E-state index contributed by atoms with van der Waals surface area (Å²) in [6.45, 7) is 0.975. The molecule has 2 aromatic heterocycles. The monoisotopic (exact) mass is 388 g/mol. The van der Waals surface area contributed by atoms with Crippen molar-refractivity contribution in [1.29, 1.82) is 0 Å². The summed E-state index contributed by atoms with van der Waals surface area (Å²) in [5.41, 5.74) is -2.16. The second-order valence-electron chi connectivity index (χ2n) is 5.60. The lowest BCUT2D eigenvalue weighted by Gasteiger charge is -2.15. The zero-order valence-electron chi connectivity index (χ0n) is 14.4. The van der Waals surface area contributed by atoms with Crippen LogP contribution in [0.15, 0.2) is 12.3 Å². The van der Waals surface area contributed by atoms with Crippen LogP contribution >= 0.6 is 0 Å². The van der Waals surface area contributed by atoms with Gasteiger partial charge in [-0.25, -0.2) is 23.4 Å². The van der Waals surface area contributed by atoms with Crippen molar-refractivity contribution in [2.75, 3.05) is 13.9 Å². The van der Waals surface area contributed by atoms with E-state index in [1.54, 1.807) is 6.92 Å². The van der Waals surface area contributed by atoms with Crippen molar-refractivity contribution >= 4 is 11.0 Å². The first kappa shape index (κ1) is 19.0. The summed E-state index contributed by atoms with van der Waals surface area (Å²) in [6, 6.07) is 0.353. The molecule has 0 aliphatic heterocycles. The maximum absolute atomic E-state index is 14.8. The number of benzene rings is 1. The predicted molar refractivity (Wildman–Crippen MR) is 83.9 cm³/mol. The largest absolute Gasteiger partial charge is 0.461 e. The minimum absolute atomic E-state index is 0.169. The van der Waals surface area contributed by atoms with Crippen molar-refractivity contribution in [2.45, 2.75) is 13.1 Å². The maximum Gasteiger partial charge on any atom is 0.419 e. The first-order valence-corrected chi connectivity index (χ1v) is 7.52. The molecule has 0 bridgehead atoms. The minimum Gasteiger partial charge on any atom is -0.461 e. The molecular weight excluding hydrogens is 375 g/mol. The van der Waals surface area contributed by atoms with Crippen LogP contribution in [0.2, 0.25) is 0 Å². The Balaban J connectivity index is 2.33. The Morgan fingerprint density at radius 3 is 2.52 bits per heavy atom. The molecule has 0 unspecified atom stereocenters. The highest BCUT2D eigenvalue weighted by atomic mass is 19.4. The van der Waals surface area contributed by atoms with Crippen molar-refractivity contribution < 1.29 is 31.4 Å². The predicted octanol–water partition coefficient (Wildman–Crippen LogP) is 3.62. The number of alkyl halides is 3. The first-order valence-electron chi connectivity index (χ1n) is 7.52. The number of ether oxygens (including phenoxy) is 2. The van der Waals surface area contributed by atoms with Gasteiger partial charge < -0.3 is 9.47 Å². The SMILES string of the molecule is COCOc1c(F)c(-c2nn(C)c3nc(C)ncc23)cc(C(F)(F)F)c1F. The number of halogens is 5. The Morgan fingerprint density at radius 1 is 1.19 bits per heavy atom. The zero-order valence-corrected chi connectivity index (χ0v) is 14.4. The van der Waals surface area contributed by atoms with Gasteiger partial charge in [-0.15, -0.1) is 0 Å². The van der Waals surface area contributed by atoms with Crippen molar-refractivity contribution in [3.05, 3.63) is 35.3 Å². The molecule has 27 heavy (non-hydrogen) atoms. The Morgan fingerprint density at radius 2 is 1.89 bits per heavy atom. The number of rotatable bonds is 4. The number of nitrogens with zero attached hydrogens (tertiary/aromatic N) is 4. The molecule has 0 radical (unpaired) electrons. The molecule has 3 rings (SSSR count). The average molecular weight is 388 g/mol. The van der Waals surface area contributed by atoms with Gasteiger partial charge in [0.15, 0.2) is 29.8 Å². The summed E-state index contributed by atoms with van der Waals surface area (Å²) in [5, 5.41) is 4.24. The van der Waals surface area contributed by atoms with Gasteiger partial charge in [0.25, 0.3) is 0 Å². The standard InChI is InChI=1S/C16H13F5N4O2/c1-7-22-5-9-13(24-25(2)15(9)23-7)8-4-10(16(19,20)21)12(18)14(11(8)17)27-6-26-3/h4-5H,6H2,1-3H3. The van der Waals surface area contributed by atoms with Crippen molar-refractivity contribution in [1.82, 2.24) is 19.7 Å². The molecule has 0 amide bonds. The van der Waals surface area contributed by atoms with Gasteiger partial charge in [0.1, 0.15) is 11.5 Å². The van der Waals surface area contributed by atoms with Crippen LogP contribution in [-0.2, 0) is 18.0 Å². The highest BCUT2D eigenvalue weighted by Gasteiger charge is 2.38. The average Bonchev–Trinajstić information content (AvgIpc) is 2.90. The van der Waals surface area contributed by atoms with Gasteiger partial charge in [-0.3, -0.25) is 0 Å². The summed E-state index contributed by atoms with van der Waals surface area (Å²) in [5.74, 6) is -4.00. The van der Waals surface area contributed by atoms with Crippen molar-refractivity contribution in [3.8, 4) is 17.0 Å². The summed E-state index contributed by atoms with van der Waals surface area (Å²) in [7, 11) is 2.66. The van der Waals surface area contributed by atoms with E-state index in [2.05, 4.69) is 19.8 Å². The number of fused-ring (bicyclic) bond motifs is 1. The van der Waals surface area contributed by atoms with Crippen LogP contribution in [0, 0.1) is 18.6 Å². The quantitative estimate of drug-likeness (QED) is 0.505. The topological polar surface area (TPSA) is 62.1 Å². The van der Waals surface area contributed by atoms with Crippen LogP contribution in [0.1, 0.15) is 11.4 Å². The van der Waals surface area contributed by atoms with Gasteiger partial charge >= 0.3 is 6.18 Å². The molecule has 144 valence electrons. The van der Waals surface area contributed by atoms with E-state index >= 15 is 0 Å². The molecule has 0 atom stereocenters. The number of hydrogen-bond acceptors (Lipinski definition) is 5. The van der Waals surface area contributed by atoms with E-state index in [0.717, 1.165) is 7.11 Å². The third-order valence-corrected chi connectivity index (χ3v) is 3.74. The molecule has 2 heterocycles. The molecular formula is C16H13F5N4O2. The number of methoxy groups -OCH3 is 1. The molecule has 0 aliphatic carbocycles. The molecule has 0 saturated heterocycles. The van der Waals surface area contributed by atoms with E-state index in [0.29, 0.717) is 11.9 Å². The lowest BCUT2D eigenvalue weighted by atomic mass is 10.0. The van der Waals surface area contributed by atoms with Gasteiger partial charge in [0.05, 0.1) is 10.9 Å². The second-order valence-corrected chi connectivity index (χ2v) is 5.60. The van der Waals surface area contributed by atoms with Crippen LogP contribution in [0.3, 0.4) is 0 Å². The number of hydrogen-bond donors (Lipinski definition) is 0. The smallest absolute Gasteiger partial charge is 0.419 e. The van der Waals surface area contributed by atoms with Gasteiger partial charge in [0.2, 0.25) is 0 Å². The van der Waals surface area contributed by atoms with Crippen molar-refractivity contribution in [3.63, 3.8) is 0 Å². The second kappa shape index (κ2) is 6.72. The zero-order chi connectivity index (χ0) is 19.9. The Bertz CT molecular complexity index is 1020. The van der Waals surface area contributed by atoms with E-state index in [-0.39, 0.29) is 16.7 Å². The van der Waals surface area contributed by atoms with E-state index in [4.69, 9.17) is 4.74 Å². The molecule has 3 aromatic rings. The molecule has 0 N–H and O–H groups in total. The summed E-state index contributed by atoms with van der Waals surface area (Å²) in [6.07, 6.45) is -3.76. The summed E-state index contributed by atoms with van der Waals surface area (Å²) in [4.78, 5) is 8.09. The summed E-state index contributed by atoms with van der Waals surface area (Å²) < 4.78 is 79.4. The molecule has 0 fully saturated rings. The van der Waals surface area contributed by atoms with Crippen LogP contribution in [0.25, 0.3) is 22.3 Å². The first-order chi connectivity index (χ1) is 12.6. The fraction of sp³-hybridized carbons (Fsp3) is 0.312. The van der Waals surface area contributed by atoms with Gasteiger partial charge in [-0.1, -0.05) is 0 Å². The van der Waals surface area contributed by atoms with Gasteiger partial charge in [0, 0.05) is 25.9 Å². The van der Waals surface area contributed by atoms with E-state index < -0.39 is 41.5 Å². The lowest BCUT2D eigenvalue weighted by molar-refractivity contribution is -0.140. The fourth-order valence-electron chi connectivity index (χ4n) is 2.56. The third-order valence-electron chi connectivity index (χ3n) is 3.74. The van der Waals surface area contributed by atoms with Crippen LogP contribution in [-0.4, -0.2) is 33.7 Å². The molecule has 1 aromatic carbocycles. The normalized spacial score (nSPS) is 12.0. The van der Waals surface area contributed by atoms with Crippen LogP contribution in [0.4, 0.5) is 22.0 Å². The number of aromatic nitrogens is 4. The molecule has 0 aliphatic rings. The highest BCUT2D eigenvalue weighted by molar-refractivity contribution is 5.91. The summed E-state index contributed by atoms with van der Waals surface area (Å²) >= 11 is 0. The fourth-order valence-corrected chi connectivity index (χ4v) is 2.56. The molecule has 0 spiro atoms. The Hall–Kier alpha value is -2.82. The van der Waals surface area contributed by atoms with Gasteiger partial charge in [-0.05, 0) is 13.0 Å². The Kier molecular flexibility index (Phi) is 4.72. The van der Waals surface area contributed by atoms with E-state index in [1.165, 1.54) is 17.9 Å². The minimum atomic E-state index is -5.07. The van der Waals surface area contributed by atoms with E-state index in [1.807, 2.05) is 0 Å². The maximum atomic E-state index is 14.8. The van der Waals surface area contributed by atoms with Crippen molar-refractivity contribution in [2.24, 2.45) is 7.05 Å². The third kappa shape index (κ3) is 3.29. The highest BCUT2D eigenvalue weighted by Crippen LogP contribution is 2.41. The Labute approximate surface area is 149 Å². The van der Waals surface area contributed by atoms with Crippen LogP contribution in [0.5, 0.6) is 5.75 Å². The molecule has 0 saturated carbocycles. The number of aryl methyl sites for hydroxylation is 2. The lowest BCUT2D eigenvalue weighted by Crippen LogP contribution is -2.13. The van der Waals surface area contributed by atoms with E-state index in [9.17, 15) is 22.0 Å². The molecule has 11 heteroatoms. The van der Waals surface area contributed by atoms with Crippen LogP contribution < -0.4 is 4.74 Å².